The number of carboxylic acid groups (broad SMARTS) is 1. The highest BCUT2D eigenvalue weighted by Gasteiger charge is 2.32. The van der Waals surface area contributed by atoms with Crippen LogP contribution in [0.15, 0.2) is 0 Å². The van der Waals surface area contributed by atoms with Gasteiger partial charge in [-0.15, -0.1) is 0 Å². The summed E-state index contributed by atoms with van der Waals surface area (Å²) >= 11 is 0. The lowest BCUT2D eigenvalue weighted by Gasteiger charge is -2.34. The molecule has 108 valence electrons. The minimum Gasteiger partial charge on any atom is -0.480 e. The molecule has 0 bridgehead atoms. The number of amides is 2. The Balaban J connectivity index is 2.53. The van der Waals surface area contributed by atoms with Crippen molar-refractivity contribution < 1.29 is 29.0 Å². The molecule has 1 fully saturated rings. The van der Waals surface area contributed by atoms with Gasteiger partial charge >= 0.3 is 5.97 Å². The van der Waals surface area contributed by atoms with Crippen LogP contribution in [-0.4, -0.2) is 73.3 Å². The summed E-state index contributed by atoms with van der Waals surface area (Å²) < 4.78 is 9.92. The molecule has 0 saturated carbocycles. The number of aliphatic carboxylic acids is 1. The minimum absolute atomic E-state index is 0.135. The van der Waals surface area contributed by atoms with Gasteiger partial charge in [-0.25, -0.2) is 4.79 Å². The first-order valence-electron chi connectivity index (χ1n) is 6.00. The van der Waals surface area contributed by atoms with Crippen molar-refractivity contribution in [3.63, 3.8) is 0 Å². The Morgan fingerprint density at radius 3 is 2.79 bits per heavy atom. The summed E-state index contributed by atoms with van der Waals surface area (Å²) in [5.41, 5.74) is 0. The van der Waals surface area contributed by atoms with Crippen molar-refractivity contribution in [1.82, 2.24) is 10.2 Å². The van der Waals surface area contributed by atoms with E-state index in [2.05, 4.69) is 5.32 Å². The molecule has 1 atom stereocenters. The van der Waals surface area contributed by atoms with Gasteiger partial charge in [0.2, 0.25) is 11.8 Å². The number of rotatable bonds is 6. The molecule has 1 heterocycles. The van der Waals surface area contributed by atoms with Gasteiger partial charge in [0.15, 0.2) is 0 Å². The second-order valence-corrected chi connectivity index (χ2v) is 3.96. The molecule has 2 amide bonds. The third-order valence-corrected chi connectivity index (χ3v) is 2.55. The lowest BCUT2D eigenvalue weighted by molar-refractivity contribution is -0.154. The molecule has 1 saturated heterocycles. The van der Waals surface area contributed by atoms with Crippen LogP contribution in [0.3, 0.4) is 0 Å². The van der Waals surface area contributed by atoms with Crippen LogP contribution in [0.1, 0.15) is 6.92 Å². The maximum absolute atomic E-state index is 11.9. The van der Waals surface area contributed by atoms with Gasteiger partial charge in [-0.2, -0.15) is 0 Å². The first kappa shape index (κ1) is 15.4. The smallest absolute Gasteiger partial charge is 0.329 e. The van der Waals surface area contributed by atoms with Crippen molar-refractivity contribution in [2.24, 2.45) is 0 Å². The standard InChI is InChI=1S/C11H18N2O6/c1-2-12-11(17)8-5-18-4-3-13(8)9(14)6-19-7-10(15)16/h8H,2-7H2,1H3,(H,12,17)(H,15,16). The number of carbonyl (C=O) groups excluding carboxylic acids is 2. The van der Waals surface area contributed by atoms with E-state index in [-0.39, 0.29) is 25.7 Å². The fraction of sp³-hybridized carbons (Fsp3) is 0.727. The number of carboxylic acids is 1. The van der Waals surface area contributed by atoms with Crippen LogP contribution in [0.25, 0.3) is 0 Å². The number of hydrogen-bond acceptors (Lipinski definition) is 5. The number of likely N-dealkylation sites (N-methyl/N-ethyl adjacent to an activating group) is 1. The van der Waals surface area contributed by atoms with Gasteiger partial charge in [-0.05, 0) is 6.92 Å². The van der Waals surface area contributed by atoms with Crippen molar-refractivity contribution in [2.75, 3.05) is 39.5 Å². The number of nitrogens with zero attached hydrogens (tertiary/aromatic N) is 1. The van der Waals surface area contributed by atoms with Gasteiger partial charge in [0.25, 0.3) is 0 Å². The molecule has 1 unspecified atom stereocenters. The van der Waals surface area contributed by atoms with Gasteiger partial charge < -0.3 is 24.8 Å². The molecule has 19 heavy (non-hydrogen) atoms. The maximum Gasteiger partial charge on any atom is 0.329 e. The highest BCUT2D eigenvalue weighted by atomic mass is 16.5. The molecular formula is C11H18N2O6. The predicted molar refractivity (Wildman–Crippen MR) is 63.5 cm³/mol. The van der Waals surface area contributed by atoms with Crippen molar-refractivity contribution in [3.05, 3.63) is 0 Å². The molecule has 0 aromatic carbocycles. The molecular weight excluding hydrogens is 256 g/mol. The third kappa shape index (κ3) is 4.84. The van der Waals surface area contributed by atoms with Gasteiger partial charge in [-0.3, -0.25) is 9.59 Å². The normalized spacial score (nSPS) is 19.0. The first-order chi connectivity index (χ1) is 9.06. The highest BCUT2D eigenvalue weighted by molar-refractivity contribution is 5.88. The van der Waals surface area contributed by atoms with Crippen molar-refractivity contribution in [2.45, 2.75) is 13.0 Å². The zero-order valence-corrected chi connectivity index (χ0v) is 10.8. The number of hydrogen-bond donors (Lipinski definition) is 2. The summed E-state index contributed by atoms with van der Waals surface area (Å²) in [5, 5.41) is 11.0. The molecule has 0 radical (unpaired) electrons. The van der Waals surface area contributed by atoms with Crippen molar-refractivity contribution in [3.8, 4) is 0 Å². The van der Waals surface area contributed by atoms with Crippen molar-refractivity contribution in [1.29, 1.82) is 0 Å². The summed E-state index contributed by atoms with van der Waals surface area (Å²) in [5.74, 6) is -1.84. The topological polar surface area (TPSA) is 105 Å². The Morgan fingerprint density at radius 2 is 2.16 bits per heavy atom. The van der Waals surface area contributed by atoms with E-state index in [4.69, 9.17) is 14.6 Å². The van der Waals surface area contributed by atoms with Crippen LogP contribution in [0.5, 0.6) is 0 Å². The summed E-state index contributed by atoms with van der Waals surface area (Å²) in [4.78, 5) is 35.3. The van der Waals surface area contributed by atoms with Crippen LogP contribution in [0.4, 0.5) is 0 Å². The molecule has 1 aliphatic rings. The number of nitrogens with one attached hydrogen (secondary N) is 1. The third-order valence-electron chi connectivity index (χ3n) is 2.55. The molecule has 2 N–H and O–H groups in total. The minimum atomic E-state index is -1.14. The van der Waals surface area contributed by atoms with Gasteiger partial charge in [0.1, 0.15) is 19.3 Å². The second-order valence-electron chi connectivity index (χ2n) is 3.96. The summed E-state index contributed by atoms with van der Waals surface area (Å²) in [6, 6.07) is -0.686. The van der Waals surface area contributed by atoms with Gasteiger partial charge in [-0.1, -0.05) is 0 Å². The number of morpholine rings is 1. The average molecular weight is 274 g/mol. The van der Waals surface area contributed by atoms with E-state index in [0.29, 0.717) is 13.2 Å². The highest BCUT2D eigenvalue weighted by Crippen LogP contribution is 2.08. The maximum atomic E-state index is 11.9. The van der Waals surface area contributed by atoms with Gasteiger partial charge in [0.05, 0.1) is 13.2 Å². The Hall–Kier alpha value is -1.67. The van der Waals surface area contributed by atoms with Crippen LogP contribution < -0.4 is 5.32 Å². The zero-order chi connectivity index (χ0) is 14.3. The van der Waals surface area contributed by atoms with E-state index in [1.54, 1.807) is 6.92 Å². The summed E-state index contributed by atoms with van der Waals surface area (Å²) in [6.07, 6.45) is 0. The van der Waals surface area contributed by atoms with Crippen LogP contribution >= 0.6 is 0 Å². The Bertz CT molecular complexity index is 346. The van der Waals surface area contributed by atoms with E-state index in [9.17, 15) is 14.4 Å². The average Bonchev–Trinajstić information content (AvgIpc) is 2.38. The summed E-state index contributed by atoms with van der Waals surface area (Å²) in [7, 11) is 0. The fourth-order valence-electron chi connectivity index (χ4n) is 1.72. The fourth-order valence-corrected chi connectivity index (χ4v) is 1.72. The molecule has 8 heteroatoms. The first-order valence-corrected chi connectivity index (χ1v) is 6.00. The van der Waals surface area contributed by atoms with E-state index in [1.165, 1.54) is 4.90 Å². The van der Waals surface area contributed by atoms with Crippen LogP contribution in [0.2, 0.25) is 0 Å². The summed E-state index contributed by atoms with van der Waals surface area (Å²) in [6.45, 7) is 2.12. The molecule has 1 aliphatic heterocycles. The van der Waals surface area contributed by atoms with Crippen LogP contribution in [-0.2, 0) is 23.9 Å². The molecule has 1 rings (SSSR count). The Kier molecular flexibility index (Phi) is 6.23. The van der Waals surface area contributed by atoms with E-state index < -0.39 is 24.5 Å². The lowest BCUT2D eigenvalue weighted by atomic mass is 10.2. The quantitative estimate of drug-likeness (QED) is 0.607. The van der Waals surface area contributed by atoms with Gasteiger partial charge in [0, 0.05) is 13.1 Å². The van der Waals surface area contributed by atoms with E-state index in [1.807, 2.05) is 0 Å². The SMILES string of the molecule is CCNC(=O)C1COCCN1C(=O)COCC(=O)O. The van der Waals surface area contributed by atoms with E-state index in [0.717, 1.165) is 0 Å². The molecule has 0 aromatic heterocycles. The molecule has 8 nitrogen and oxygen atoms in total. The number of carbonyl (C=O) groups is 3. The second kappa shape index (κ2) is 7.70. The molecule has 0 aliphatic carbocycles. The lowest BCUT2D eigenvalue weighted by Crippen LogP contribution is -2.56. The Labute approximate surface area is 110 Å². The van der Waals surface area contributed by atoms with E-state index >= 15 is 0 Å². The number of ether oxygens (including phenoxy) is 2. The largest absolute Gasteiger partial charge is 0.480 e. The monoisotopic (exact) mass is 274 g/mol. The van der Waals surface area contributed by atoms with Crippen LogP contribution in [0, 0.1) is 0 Å². The van der Waals surface area contributed by atoms with Crippen molar-refractivity contribution >= 4 is 17.8 Å². The zero-order valence-electron chi connectivity index (χ0n) is 10.8. The molecule has 0 spiro atoms. The Morgan fingerprint density at radius 1 is 1.42 bits per heavy atom. The predicted octanol–water partition coefficient (Wildman–Crippen LogP) is -1.55. The molecule has 0 aromatic rings.